The van der Waals surface area contributed by atoms with Crippen molar-refractivity contribution in [2.75, 3.05) is 20.2 Å². The highest BCUT2D eigenvalue weighted by Gasteiger charge is 2.31. The van der Waals surface area contributed by atoms with E-state index < -0.39 is 11.9 Å². The summed E-state index contributed by atoms with van der Waals surface area (Å²) in [6, 6.07) is 6.82. The quantitative estimate of drug-likeness (QED) is 0.875. The third kappa shape index (κ3) is 2.45. The van der Waals surface area contributed by atoms with Crippen molar-refractivity contribution in [2.24, 2.45) is 5.92 Å². The summed E-state index contributed by atoms with van der Waals surface area (Å²) in [5.74, 6) is -0.704. The number of benzene rings is 1. The van der Waals surface area contributed by atoms with Gasteiger partial charge in [-0.15, -0.1) is 0 Å². The van der Waals surface area contributed by atoms with Gasteiger partial charge >= 0.3 is 5.97 Å². The van der Waals surface area contributed by atoms with Crippen molar-refractivity contribution in [3.8, 4) is 5.75 Å². The van der Waals surface area contributed by atoms with Crippen molar-refractivity contribution < 1.29 is 19.4 Å². The number of likely N-dealkylation sites (tertiary alicyclic amines) is 1. The average Bonchev–Trinajstić information content (AvgIpc) is 2.88. The predicted octanol–water partition coefficient (Wildman–Crippen LogP) is 1.24. The van der Waals surface area contributed by atoms with Gasteiger partial charge in [-0.2, -0.15) is 0 Å². The van der Waals surface area contributed by atoms with Gasteiger partial charge in [0, 0.05) is 18.7 Å². The van der Waals surface area contributed by atoms with Crippen molar-refractivity contribution in [1.82, 2.24) is 4.90 Å². The van der Waals surface area contributed by atoms with E-state index in [0.29, 0.717) is 30.8 Å². The molecule has 1 aliphatic heterocycles. The zero-order valence-corrected chi connectivity index (χ0v) is 10.1. The molecular formula is C13H15NO4. The number of hydrogen-bond donors (Lipinski definition) is 1. The zero-order chi connectivity index (χ0) is 13.1. The molecule has 1 fully saturated rings. The fourth-order valence-electron chi connectivity index (χ4n) is 2.06. The van der Waals surface area contributed by atoms with E-state index in [1.165, 1.54) is 0 Å². The molecule has 0 spiro atoms. The molecule has 1 aromatic carbocycles. The molecule has 18 heavy (non-hydrogen) atoms. The monoisotopic (exact) mass is 249 g/mol. The molecule has 2 rings (SSSR count). The van der Waals surface area contributed by atoms with E-state index in [1.807, 2.05) is 0 Å². The molecular weight excluding hydrogens is 234 g/mol. The molecule has 96 valence electrons. The Morgan fingerprint density at radius 2 is 2.00 bits per heavy atom. The number of carbonyl (C=O) groups excluding carboxylic acids is 1. The fraction of sp³-hybridized carbons (Fsp3) is 0.385. The lowest BCUT2D eigenvalue weighted by atomic mass is 10.1. The Labute approximate surface area is 105 Å². The normalized spacial score (nSPS) is 18.7. The summed E-state index contributed by atoms with van der Waals surface area (Å²) in [6.07, 6.45) is 0.525. The first kappa shape index (κ1) is 12.4. The Balaban J connectivity index is 2.05. The standard InChI is InChI=1S/C13H15NO4/c1-18-11-4-2-9(3-5-11)12(15)14-7-6-10(8-14)13(16)17/h2-5,10H,6-8H2,1H3,(H,16,17). The van der Waals surface area contributed by atoms with Gasteiger partial charge in [0.25, 0.3) is 5.91 Å². The van der Waals surface area contributed by atoms with E-state index in [-0.39, 0.29) is 5.91 Å². The maximum absolute atomic E-state index is 12.1. The number of carbonyl (C=O) groups is 2. The second kappa shape index (κ2) is 5.08. The third-order valence-corrected chi connectivity index (χ3v) is 3.16. The average molecular weight is 249 g/mol. The number of nitrogens with zero attached hydrogens (tertiary/aromatic N) is 1. The number of carboxylic acids is 1. The lowest BCUT2D eigenvalue weighted by molar-refractivity contribution is -0.141. The van der Waals surface area contributed by atoms with Gasteiger partial charge in [-0.05, 0) is 30.7 Å². The molecule has 1 aliphatic rings. The highest BCUT2D eigenvalue weighted by Crippen LogP contribution is 2.20. The van der Waals surface area contributed by atoms with E-state index >= 15 is 0 Å². The largest absolute Gasteiger partial charge is 0.497 e. The third-order valence-electron chi connectivity index (χ3n) is 3.16. The number of rotatable bonds is 3. The van der Waals surface area contributed by atoms with Crippen LogP contribution < -0.4 is 4.74 Å². The van der Waals surface area contributed by atoms with Crippen LogP contribution in [0.15, 0.2) is 24.3 Å². The molecule has 1 saturated heterocycles. The Kier molecular flexibility index (Phi) is 3.50. The topological polar surface area (TPSA) is 66.8 Å². The van der Waals surface area contributed by atoms with E-state index in [1.54, 1.807) is 36.3 Å². The molecule has 0 radical (unpaired) electrons. The summed E-state index contributed by atoms with van der Waals surface area (Å²) in [7, 11) is 1.56. The Hall–Kier alpha value is -2.04. The molecule has 1 N–H and O–H groups in total. The summed E-state index contributed by atoms with van der Waals surface area (Å²) < 4.78 is 5.02. The number of methoxy groups -OCH3 is 1. The maximum atomic E-state index is 12.1. The highest BCUT2D eigenvalue weighted by atomic mass is 16.5. The molecule has 0 aliphatic carbocycles. The smallest absolute Gasteiger partial charge is 0.308 e. The van der Waals surface area contributed by atoms with E-state index in [0.717, 1.165) is 0 Å². The number of amides is 1. The van der Waals surface area contributed by atoms with Gasteiger partial charge in [-0.3, -0.25) is 9.59 Å². The minimum Gasteiger partial charge on any atom is -0.497 e. The van der Waals surface area contributed by atoms with Gasteiger partial charge in [0.05, 0.1) is 13.0 Å². The number of hydrogen-bond acceptors (Lipinski definition) is 3. The van der Waals surface area contributed by atoms with Crippen LogP contribution in [-0.2, 0) is 4.79 Å². The van der Waals surface area contributed by atoms with Crippen LogP contribution in [0.4, 0.5) is 0 Å². The SMILES string of the molecule is COc1ccc(C(=O)N2CCC(C(=O)O)C2)cc1. The zero-order valence-electron chi connectivity index (χ0n) is 10.1. The first-order valence-corrected chi connectivity index (χ1v) is 5.78. The van der Waals surface area contributed by atoms with Crippen molar-refractivity contribution in [3.63, 3.8) is 0 Å². The fourth-order valence-corrected chi connectivity index (χ4v) is 2.06. The molecule has 5 heteroatoms. The van der Waals surface area contributed by atoms with Crippen LogP contribution >= 0.6 is 0 Å². The second-order valence-corrected chi connectivity index (χ2v) is 4.30. The van der Waals surface area contributed by atoms with Gasteiger partial charge < -0.3 is 14.7 Å². The van der Waals surface area contributed by atoms with Crippen LogP contribution in [0, 0.1) is 5.92 Å². The summed E-state index contributed by atoms with van der Waals surface area (Å²) in [4.78, 5) is 24.5. The molecule has 1 heterocycles. The summed E-state index contributed by atoms with van der Waals surface area (Å²) in [5, 5.41) is 8.90. The van der Waals surface area contributed by atoms with Crippen LogP contribution in [0.3, 0.4) is 0 Å². The summed E-state index contributed by atoms with van der Waals surface area (Å²) in [5.41, 5.74) is 0.557. The van der Waals surface area contributed by atoms with Crippen molar-refractivity contribution >= 4 is 11.9 Å². The van der Waals surface area contributed by atoms with Crippen molar-refractivity contribution in [1.29, 1.82) is 0 Å². The predicted molar refractivity (Wildman–Crippen MR) is 64.6 cm³/mol. The Bertz CT molecular complexity index is 455. The lowest BCUT2D eigenvalue weighted by Crippen LogP contribution is -2.29. The first-order valence-electron chi connectivity index (χ1n) is 5.78. The van der Waals surface area contributed by atoms with Crippen LogP contribution in [0.2, 0.25) is 0 Å². The van der Waals surface area contributed by atoms with Gasteiger partial charge in [0.1, 0.15) is 5.75 Å². The summed E-state index contributed by atoms with van der Waals surface area (Å²) >= 11 is 0. The lowest BCUT2D eigenvalue weighted by Gasteiger charge is -2.15. The van der Waals surface area contributed by atoms with Crippen LogP contribution in [0.25, 0.3) is 0 Å². The van der Waals surface area contributed by atoms with Crippen LogP contribution in [0.5, 0.6) is 5.75 Å². The number of ether oxygens (including phenoxy) is 1. The first-order chi connectivity index (χ1) is 8.61. The van der Waals surface area contributed by atoms with E-state index in [9.17, 15) is 9.59 Å². The van der Waals surface area contributed by atoms with Crippen molar-refractivity contribution in [2.45, 2.75) is 6.42 Å². The second-order valence-electron chi connectivity index (χ2n) is 4.30. The molecule has 0 aromatic heterocycles. The maximum Gasteiger partial charge on any atom is 0.308 e. The minimum atomic E-state index is -0.833. The molecule has 1 unspecified atom stereocenters. The number of aliphatic carboxylic acids is 1. The van der Waals surface area contributed by atoms with Crippen LogP contribution in [0.1, 0.15) is 16.8 Å². The molecule has 5 nitrogen and oxygen atoms in total. The molecule has 1 atom stereocenters. The summed E-state index contributed by atoms with van der Waals surface area (Å²) in [6.45, 7) is 0.794. The van der Waals surface area contributed by atoms with Gasteiger partial charge in [-0.1, -0.05) is 0 Å². The van der Waals surface area contributed by atoms with E-state index in [2.05, 4.69) is 0 Å². The molecule has 0 saturated carbocycles. The molecule has 0 bridgehead atoms. The van der Waals surface area contributed by atoms with Gasteiger partial charge in [0.2, 0.25) is 0 Å². The number of carboxylic acid groups (broad SMARTS) is 1. The Morgan fingerprint density at radius 1 is 1.33 bits per heavy atom. The van der Waals surface area contributed by atoms with E-state index in [4.69, 9.17) is 9.84 Å². The molecule has 1 amide bonds. The van der Waals surface area contributed by atoms with Crippen molar-refractivity contribution in [3.05, 3.63) is 29.8 Å². The highest BCUT2D eigenvalue weighted by molar-refractivity contribution is 5.94. The van der Waals surface area contributed by atoms with Gasteiger partial charge in [-0.25, -0.2) is 0 Å². The van der Waals surface area contributed by atoms with Crippen LogP contribution in [-0.4, -0.2) is 42.1 Å². The minimum absolute atomic E-state index is 0.124. The van der Waals surface area contributed by atoms with Gasteiger partial charge in [0.15, 0.2) is 0 Å². The Morgan fingerprint density at radius 3 is 2.50 bits per heavy atom. The molecule has 1 aromatic rings.